The van der Waals surface area contributed by atoms with Crippen molar-refractivity contribution in [2.45, 2.75) is 70.0 Å². The zero-order valence-electron chi connectivity index (χ0n) is 17.6. The Morgan fingerprint density at radius 2 is 1.76 bits per heavy atom. The number of ether oxygens (including phenoxy) is 8. The van der Waals surface area contributed by atoms with Crippen LogP contribution in [0.15, 0.2) is 24.3 Å². The predicted octanol–water partition coefficient (Wildman–Crippen LogP) is 2.58. The number of hydrogen-bond donors (Lipinski definition) is 0. The quantitative estimate of drug-likeness (QED) is 0.523. The van der Waals surface area contributed by atoms with Gasteiger partial charge in [-0.2, -0.15) is 0 Å². The fourth-order valence-corrected chi connectivity index (χ4v) is 3.99. The SMILES string of the molecule is COc1ccc(COCO[C@H]2[C@@H]3OC(C)(C)O[C@@H]3CO[C@]23COC(C)(C)O3)cc1. The van der Waals surface area contributed by atoms with Crippen LogP contribution in [-0.4, -0.2) is 62.8 Å². The molecule has 3 fully saturated rings. The summed E-state index contributed by atoms with van der Waals surface area (Å²) in [6.45, 7) is 8.52. The molecule has 3 heterocycles. The Morgan fingerprint density at radius 1 is 1.00 bits per heavy atom. The molecule has 4 rings (SSSR count). The lowest BCUT2D eigenvalue weighted by atomic mass is 9.97. The number of fused-ring (bicyclic) bond motifs is 1. The van der Waals surface area contributed by atoms with Crippen LogP contribution in [0.3, 0.4) is 0 Å². The molecule has 1 aromatic rings. The monoisotopic (exact) mass is 410 g/mol. The maximum atomic E-state index is 6.13. The molecule has 0 aliphatic carbocycles. The van der Waals surface area contributed by atoms with Crippen molar-refractivity contribution in [1.82, 2.24) is 0 Å². The van der Waals surface area contributed by atoms with E-state index in [-0.39, 0.29) is 25.6 Å². The van der Waals surface area contributed by atoms with Gasteiger partial charge in [-0.25, -0.2) is 0 Å². The maximum Gasteiger partial charge on any atom is 0.224 e. The van der Waals surface area contributed by atoms with Gasteiger partial charge in [0.25, 0.3) is 0 Å². The third kappa shape index (κ3) is 4.44. The van der Waals surface area contributed by atoms with E-state index in [1.54, 1.807) is 7.11 Å². The van der Waals surface area contributed by atoms with Crippen LogP contribution in [0, 0.1) is 0 Å². The first-order chi connectivity index (χ1) is 13.7. The standard InChI is InChI=1S/C21H30O8/c1-19(2)26-12-21(29-19)18(17-16(11-25-21)27-20(3,4)28-17)24-13-23-10-14-6-8-15(22-5)9-7-14/h6-9,16-18H,10-13H2,1-5H3/t16-,17-,18+,21+/m1/s1. The topological polar surface area (TPSA) is 73.8 Å². The Bertz CT molecular complexity index is 701. The van der Waals surface area contributed by atoms with Crippen LogP contribution in [0.25, 0.3) is 0 Å². The van der Waals surface area contributed by atoms with E-state index >= 15 is 0 Å². The Hall–Kier alpha value is -1.26. The molecule has 0 aromatic heterocycles. The van der Waals surface area contributed by atoms with Crippen molar-refractivity contribution in [3.05, 3.63) is 29.8 Å². The molecule has 3 aliphatic heterocycles. The summed E-state index contributed by atoms with van der Waals surface area (Å²) in [5, 5.41) is 0. The lowest BCUT2D eigenvalue weighted by molar-refractivity contribution is -0.343. The van der Waals surface area contributed by atoms with Crippen molar-refractivity contribution in [3.63, 3.8) is 0 Å². The van der Waals surface area contributed by atoms with Gasteiger partial charge in [0, 0.05) is 0 Å². The fourth-order valence-electron chi connectivity index (χ4n) is 3.99. The van der Waals surface area contributed by atoms with E-state index in [2.05, 4.69) is 0 Å². The lowest BCUT2D eigenvalue weighted by Crippen LogP contribution is -2.62. The molecular weight excluding hydrogens is 380 g/mol. The molecule has 0 radical (unpaired) electrons. The number of rotatable bonds is 6. The smallest absolute Gasteiger partial charge is 0.224 e. The largest absolute Gasteiger partial charge is 0.497 e. The second-order valence-corrected chi connectivity index (χ2v) is 8.45. The van der Waals surface area contributed by atoms with Gasteiger partial charge in [-0.3, -0.25) is 0 Å². The van der Waals surface area contributed by atoms with Crippen LogP contribution in [0.4, 0.5) is 0 Å². The van der Waals surface area contributed by atoms with Crippen molar-refractivity contribution in [2.24, 2.45) is 0 Å². The zero-order valence-corrected chi connectivity index (χ0v) is 17.6. The summed E-state index contributed by atoms with van der Waals surface area (Å²) in [6.07, 6.45) is -1.14. The van der Waals surface area contributed by atoms with E-state index in [0.29, 0.717) is 13.2 Å². The van der Waals surface area contributed by atoms with Gasteiger partial charge in [0.2, 0.25) is 5.79 Å². The van der Waals surface area contributed by atoms with Gasteiger partial charge in [-0.15, -0.1) is 0 Å². The molecule has 1 aromatic carbocycles. The van der Waals surface area contributed by atoms with Crippen LogP contribution >= 0.6 is 0 Å². The summed E-state index contributed by atoms with van der Waals surface area (Å²) in [5.74, 6) is -1.74. The molecule has 0 amide bonds. The van der Waals surface area contributed by atoms with Crippen molar-refractivity contribution >= 4 is 0 Å². The van der Waals surface area contributed by atoms with E-state index in [0.717, 1.165) is 11.3 Å². The number of hydrogen-bond acceptors (Lipinski definition) is 8. The number of methoxy groups -OCH3 is 1. The molecular formula is C21H30O8. The normalized spacial score (nSPS) is 35.0. The van der Waals surface area contributed by atoms with Crippen molar-refractivity contribution in [2.75, 3.05) is 27.1 Å². The fraction of sp³-hybridized carbons (Fsp3) is 0.714. The van der Waals surface area contributed by atoms with Gasteiger partial charge >= 0.3 is 0 Å². The summed E-state index contributed by atoms with van der Waals surface area (Å²) >= 11 is 0. The van der Waals surface area contributed by atoms with Crippen LogP contribution < -0.4 is 4.74 Å². The number of benzene rings is 1. The Labute approximate surface area is 171 Å². The summed E-state index contributed by atoms with van der Waals surface area (Å²) in [6, 6.07) is 7.69. The van der Waals surface area contributed by atoms with E-state index < -0.39 is 23.5 Å². The second-order valence-electron chi connectivity index (χ2n) is 8.45. The van der Waals surface area contributed by atoms with E-state index in [1.165, 1.54) is 0 Å². The summed E-state index contributed by atoms with van der Waals surface area (Å²) < 4.78 is 47.1. The Balaban J connectivity index is 1.41. The molecule has 4 atom stereocenters. The Morgan fingerprint density at radius 3 is 2.41 bits per heavy atom. The summed E-state index contributed by atoms with van der Waals surface area (Å²) in [5.41, 5.74) is 1.02. The third-order valence-electron chi connectivity index (χ3n) is 5.24. The molecule has 3 aliphatic rings. The van der Waals surface area contributed by atoms with Crippen LogP contribution in [0.5, 0.6) is 5.75 Å². The molecule has 1 spiro atoms. The average Bonchev–Trinajstić information content (AvgIpc) is 3.16. The lowest BCUT2D eigenvalue weighted by Gasteiger charge is -2.43. The minimum atomic E-state index is -1.06. The molecule has 0 N–H and O–H groups in total. The van der Waals surface area contributed by atoms with Gasteiger partial charge in [-0.05, 0) is 45.4 Å². The molecule has 29 heavy (non-hydrogen) atoms. The van der Waals surface area contributed by atoms with Gasteiger partial charge in [-0.1, -0.05) is 12.1 Å². The van der Waals surface area contributed by atoms with E-state index in [9.17, 15) is 0 Å². The molecule has 8 nitrogen and oxygen atoms in total. The highest BCUT2D eigenvalue weighted by Crippen LogP contribution is 2.45. The zero-order chi connectivity index (χ0) is 20.7. The Kier molecular flexibility index (Phi) is 5.63. The second kappa shape index (κ2) is 7.77. The summed E-state index contributed by atoms with van der Waals surface area (Å²) in [4.78, 5) is 0. The molecule has 0 unspecified atom stereocenters. The molecule has 162 valence electrons. The first-order valence-electron chi connectivity index (χ1n) is 9.88. The first kappa shape index (κ1) is 21.0. The van der Waals surface area contributed by atoms with Crippen LogP contribution in [-0.2, 0) is 39.8 Å². The third-order valence-corrected chi connectivity index (χ3v) is 5.24. The van der Waals surface area contributed by atoms with Crippen molar-refractivity contribution in [3.8, 4) is 5.75 Å². The summed E-state index contributed by atoms with van der Waals surface area (Å²) in [7, 11) is 1.64. The van der Waals surface area contributed by atoms with Gasteiger partial charge < -0.3 is 37.9 Å². The highest BCUT2D eigenvalue weighted by Gasteiger charge is 2.63. The first-order valence-corrected chi connectivity index (χ1v) is 9.88. The minimum Gasteiger partial charge on any atom is -0.497 e. The highest BCUT2D eigenvalue weighted by molar-refractivity contribution is 5.26. The van der Waals surface area contributed by atoms with Crippen LogP contribution in [0.1, 0.15) is 33.3 Å². The maximum absolute atomic E-state index is 6.13. The average molecular weight is 410 g/mol. The minimum absolute atomic E-state index is 0.0542. The van der Waals surface area contributed by atoms with Crippen molar-refractivity contribution in [1.29, 1.82) is 0 Å². The van der Waals surface area contributed by atoms with E-state index in [4.69, 9.17) is 37.9 Å². The molecule has 0 saturated carbocycles. The van der Waals surface area contributed by atoms with Gasteiger partial charge in [0.1, 0.15) is 37.5 Å². The van der Waals surface area contributed by atoms with E-state index in [1.807, 2.05) is 52.0 Å². The molecule has 0 bridgehead atoms. The van der Waals surface area contributed by atoms with Gasteiger partial charge in [0.15, 0.2) is 11.6 Å². The van der Waals surface area contributed by atoms with Gasteiger partial charge in [0.05, 0.1) is 20.3 Å². The molecule has 3 saturated heterocycles. The highest BCUT2D eigenvalue weighted by atomic mass is 16.9. The molecule has 8 heteroatoms. The van der Waals surface area contributed by atoms with Crippen LogP contribution in [0.2, 0.25) is 0 Å². The van der Waals surface area contributed by atoms with Crippen molar-refractivity contribution < 1.29 is 37.9 Å². The predicted molar refractivity (Wildman–Crippen MR) is 101 cm³/mol.